The van der Waals surface area contributed by atoms with E-state index in [4.69, 9.17) is 30.2 Å². The predicted octanol–water partition coefficient (Wildman–Crippen LogP) is 9.57. The number of para-hydroxylation sites is 1. The van der Waals surface area contributed by atoms with E-state index in [9.17, 15) is 24.3 Å². The molecule has 358 valence electrons. The number of methoxy groups -OCH3 is 1. The second-order valence-electron chi connectivity index (χ2n) is 18.1. The number of benzene rings is 4. The standard InChI is InChI=1S/C50H63ClN6O9Si/c1-50(2,3)67(5,6)66-44(37-17-19-42(58)47-38(37)18-20-46(60)56-47)32-52-31-34-29-39(51)41(30-43(34)63-4)55-48(61)64-28-12-24-53-45(59)23-27-57-25-21-35(22-26-57)65-49(62)54-40-16-11-10-15-36(40)33-13-8-7-9-14-33/h7-11,13-20,29-30,35,44,52,58H,12,21-28,31-32H2,1-6H3,(H,53,59)(H,54,62)(H,55,61)(H,56,60)/t44-/m0/s1. The van der Waals surface area contributed by atoms with E-state index in [1.165, 1.54) is 13.2 Å². The first kappa shape index (κ1) is 50.5. The molecule has 0 radical (unpaired) electrons. The van der Waals surface area contributed by atoms with Crippen LogP contribution in [0.3, 0.4) is 0 Å². The molecule has 1 aliphatic rings. The first-order valence-electron chi connectivity index (χ1n) is 22.7. The van der Waals surface area contributed by atoms with Crippen molar-refractivity contribution < 1.29 is 38.1 Å². The third-order valence-electron chi connectivity index (χ3n) is 12.3. The number of hydrogen-bond donors (Lipinski definition) is 6. The van der Waals surface area contributed by atoms with E-state index in [2.05, 4.69) is 65.0 Å². The quantitative estimate of drug-likeness (QED) is 0.0341. The molecule has 1 atom stereocenters. The van der Waals surface area contributed by atoms with Gasteiger partial charge in [0.05, 0.1) is 41.7 Å². The maximum Gasteiger partial charge on any atom is 0.411 e. The van der Waals surface area contributed by atoms with Gasteiger partial charge in [0, 0.05) is 74.3 Å². The van der Waals surface area contributed by atoms with Crippen molar-refractivity contribution in [1.82, 2.24) is 20.5 Å². The number of ether oxygens (including phenoxy) is 3. The molecule has 4 aromatic carbocycles. The van der Waals surface area contributed by atoms with Gasteiger partial charge >= 0.3 is 12.2 Å². The highest BCUT2D eigenvalue weighted by atomic mass is 35.5. The molecule has 67 heavy (non-hydrogen) atoms. The van der Waals surface area contributed by atoms with E-state index >= 15 is 0 Å². The smallest absolute Gasteiger partial charge is 0.411 e. The minimum atomic E-state index is -2.30. The number of aromatic amines is 1. The van der Waals surface area contributed by atoms with Crippen molar-refractivity contribution in [1.29, 1.82) is 0 Å². The average molecular weight is 956 g/mol. The van der Waals surface area contributed by atoms with Crippen molar-refractivity contribution in [2.75, 3.05) is 57.1 Å². The Hall–Kier alpha value is -5.91. The molecule has 17 heteroatoms. The van der Waals surface area contributed by atoms with Crippen LogP contribution in [0.5, 0.6) is 11.5 Å². The fraction of sp³-hybridized carbons (Fsp3) is 0.400. The number of likely N-dealkylation sites (tertiary alicyclic amines) is 1. The first-order chi connectivity index (χ1) is 32.0. The molecule has 15 nitrogen and oxygen atoms in total. The number of pyridine rings is 1. The number of nitrogens with zero attached hydrogens (tertiary/aromatic N) is 1. The van der Waals surface area contributed by atoms with E-state index in [1.807, 2.05) is 60.7 Å². The van der Waals surface area contributed by atoms with Crippen LogP contribution in [0.2, 0.25) is 23.2 Å². The van der Waals surface area contributed by atoms with Crippen LogP contribution in [-0.2, 0) is 25.2 Å². The number of carbonyl (C=O) groups is 3. The summed E-state index contributed by atoms with van der Waals surface area (Å²) in [6.07, 6.45) is 0.276. The number of phenols is 1. The molecule has 5 aromatic rings. The van der Waals surface area contributed by atoms with E-state index in [-0.39, 0.29) is 40.0 Å². The summed E-state index contributed by atoms with van der Waals surface area (Å²) in [6.45, 7) is 14.0. The number of nitrogens with one attached hydrogen (secondary N) is 5. The molecule has 6 N–H and O–H groups in total. The van der Waals surface area contributed by atoms with E-state index in [1.54, 1.807) is 24.3 Å². The van der Waals surface area contributed by atoms with Crippen molar-refractivity contribution in [2.24, 2.45) is 0 Å². The third kappa shape index (κ3) is 14.1. The number of halogens is 1. The minimum absolute atomic E-state index is 0.0218. The molecule has 0 aliphatic carbocycles. The molecule has 1 fully saturated rings. The first-order valence-corrected chi connectivity index (χ1v) is 25.9. The van der Waals surface area contributed by atoms with Gasteiger partial charge in [-0.15, -0.1) is 0 Å². The van der Waals surface area contributed by atoms with Crippen LogP contribution in [-0.4, -0.2) is 93.9 Å². The Morgan fingerprint density at radius 3 is 2.37 bits per heavy atom. The Kier molecular flexibility index (Phi) is 17.5. The molecule has 0 bridgehead atoms. The van der Waals surface area contributed by atoms with Crippen molar-refractivity contribution in [2.45, 2.75) is 83.3 Å². The summed E-state index contributed by atoms with van der Waals surface area (Å²) in [7, 11) is -0.764. The monoisotopic (exact) mass is 954 g/mol. The maximum atomic E-state index is 12.8. The molecule has 2 heterocycles. The van der Waals surface area contributed by atoms with Crippen LogP contribution in [0.25, 0.3) is 22.0 Å². The number of carbonyl (C=O) groups excluding carboxylic acids is 3. The number of hydrogen-bond acceptors (Lipinski definition) is 11. The second kappa shape index (κ2) is 23.2. The number of aromatic hydroxyl groups is 1. The predicted molar refractivity (Wildman–Crippen MR) is 266 cm³/mol. The Morgan fingerprint density at radius 1 is 0.925 bits per heavy atom. The number of amides is 3. The fourth-order valence-electron chi connectivity index (χ4n) is 7.61. The van der Waals surface area contributed by atoms with Gasteiger partial charge in [0.25, 0.3) is 0 Å². The highest BCUT2D eigenvalue weighted by Crippen LogP contribution is 2.41. The number of aromatic nitrogens is 1. The fourth-order valence-corrected chi connectivity index (χ4v) is 9.11. The van der Waals surface area contributed by atoms with Gasteiger partial charge in [-0.3, -0.25) is 20.2 Å². The molecule has 1 saturated heterocycles. The average Bonchev–Trinajstić information content (AvgIpc) is 3.29. The Labute approximate surface area is 398 Å². The van der Waals surface area contributed by atoms with Gasteiger partial charge < -0.3 is 44.3 Å². The van der Waals surface area contributed by atoms with Crippen LogP contribution in [0.1, 0.15) is 63.7 Å². The topological polar surface area (TPSA) is 193 Å². The molecule has 1 aromatic heterocycles. The van der Waals surface area contributed by atoms with Gasteiger partial charge in [-0.05, 0) is 72.8 Å². The third-order valence-corrected chi connectivity index (χ3v) is 17.1. The van der Waals surface area contributed by atoms with Crippen molar-refractivity contribution in [3.05, 3.63) is 117 Å². The van der Waals surface area contributed by atoms with Crippen molar-refractivity contribution in [3.63, 3.8) is 0 Å². The lowest BCUT2D eigenvalue weighted by molar-refractivity contribution is -0.121. The summed E-state index contributed by atoms with van der Waals surface area (Å²) < 4.78 is 23.7. The van der Waals surface area contributed by atoms with Crippen LogP contribution >= 0.6 is 11.6 Å². The van der Waals surface area contributed by atoms with E-state index < -0.39 is 26.6 Å². The normalized spacial score (nSPS) is 14.0. The molecule has 1 aliphatic heterocycles. The molecule has 0 saturated carbocycles. The number of fused-ring (bicyclic) bond motifs is 1. The summed E-state index contributed by atoms with van der Waals surface area (Å²) in [5.74, 6) is 0.371. The zero-order chi connectivity index (χ0) is 48.1. The lowest BCUT2D eigenvalue weighted by Gasteiger charge is -2.39. The number of phenolic OH excluding ortho intramolecular Hbond substituents is 1. The summed E-state index contributed by atoms with van der Waals surface area (Å²) in [5, 5.41) is 23.4. The SMILES string of the molecule is COc1cc(NC(=O)OCCCNC(=O)CCN2CCC(OC(=O)Nc3ccccc3-c3ccccc3)CC2)c(Cl)cc1CNC[C@H](O[Si](C)(C)C(C)(C)C)c1ccc(O)c2[nH]c(=O)ccc12. The van der Waals surface area contributed by atoms with Crippen LogP contribution in [0.4, 0.5) is 21.0 Å². The largest absolute Gasteiger partial charge is 0.506 e. The molecular formula is C50H63ClN6O9Si. The summed E-state index contributed by atoms with van der Waals surface area (Å²) in [4.78, 5) is 55.2. The molecule has 0 spiro atoms. The number of rotatable bonds is 19. The molecule has 6 rings (SSSR count). The minimum Gasteiger partial charge on any atom is -0.506 e. The van der Waals surface area contributed by atoms with Gasteiger partial charge in [0.15, 0.2) is 8.32 Å². The van der Waals surface area contributed by atoms with Gasteiger partial charge in [-0.25, -0.2) is 9.59 Å². The van der Waals surface area contributed by atoms with Gasteiger partial charge in [-0.1, -0.05) is 87.0 Å². The highest BCUT2D eigenvalue weighted by molar-refractivity contribution is 6.74. The van der Waals surface area contributed by atoms with Gasteiger partial charge in [-0.2, -0.15) is 0 Å². The maximum absolute atomic E-state index is 12.8. The molecule has 3 amide bonds. The van der Waals surface area contributed by atoms with E-state index in [0.717, 1.165) is 22.3 Å². The number of anilines is 2. The summed E-state index contributed by atoms with van der Waals surface area (Å²) in [6, 6.07) is 27.4. The Balaban J connectivity index is 0.896. The number of piperidine rings is 1. The van der Waals surface area contributed by atoms with Crippen LogP contribution < -0.4 is 31.6 Å². The van der Waals surface area contributed by atoms with Crippen LogP contribution in [0, 0.1) is 0 Å². The lowest BCUT2D eigenvalue weighted by Crippen LogP contribution is -2.43. The lowest BCUT2D eigenvalue weighted by atomic mass is 10.0. The summed E-state index contributed by atoms with van der Waals surface area (Å²) >= 11 is 6.65. The zero-order valence-electron chi connectivity index (χ0n) is 39.1. The number of H-pyrrole nitrogens is 1. The molecular weight excluding hydrogens is 892 g/mol. The molecule has 0 unspecified atom stereocenters. The zero-order valence-corrected chi connectivity index (χ0v) is 40.9. The van der Waals surface area contributed by atoms with Crippen molar-refractivity contribution >= 4 is 60.3 Å². The van der Waals surface area contributed by atoms with E-state index in [0.29, 0.717) is 93.0 Å². The van der Waals surface area contributed by atoms with Crippen molar-refractivity contribution in [3.8, 4) is 22.6 Å². The van der Waals surface area contributed by atoms with Crippen LogP contribution in [0.15, 0.2) is 95.8 Å². The van der Waals surface area contributed by atoms with Gasteiger partial charge in [0.1, 0.15) is 17.6 Å². The Morgan fingerprint density at radius 2 is 1.64 bits per heavy atom. The Bertz CT molecular complexity index is 2540. The summed E-state index contributed by atoms with van der Waals surface area (Å²) in [5.41, 5.74) is 4.53. The second-order valence-corrected chi connectivity index (χ2v) is 23.3. The highest BCUT2D eigenvalue weighted by Gasteiger charge is 2.40. The van der Waals surface area contributed by atoms with Gasteiger partial charge in [0.2, 0.25) is 11.5 Å².